The molecule has 1 aliphatic rings. The highest BCUT2D eigenvalue weighted by Crippen LogP contribution is 2.44. The van der Waals surface area contributed by atoms with E-state index >= 15 is 0 Å². The molecule has 1 atom stereocenters. The van der Waals surface area contributed by atoms with Gasteiger partial charge in [0.2, 0.25) is 5.91 Å². The summed E-state index contributed by atoms with van der Waals surface area (Å²) in [7, 11) is 0. The fraction of sp³-hybridized carbons (Fsp3) is 0.440. The Kier molecular flexibility index (Phi) is 7.31. The van der Waals surface area contributed by atoms with Gasteiger partial charge in [0.1, 0.15) is 10.6 Å². The van der Waals surface area contributed by atoms with Crippen molar-refractivity contribution in [2.45, 2.75) is 58.8 Å². The summed E-state index contributed by atoms with van der Waals surface area (Å²) in [5.74, 6) is -1.59. The quantitative estimate of drug-likeness (QED) is 0.476. The SMILES string of the molecule is CCOC(=O)c1c(NC(=O)CCc2c(C)nc3ccccn23)sc2c1C(C(=O)OCC)CCC2. The third-order valence-corrected chi connectivity index (χ3v) is 7.17. The van der Waals surface area contributed by atoms with E-state index in [2.05, 4.69) is 10.3 Å². The number of nitrogens with zero attached hydrogens (tertiary/aromatic N) is 2. The lowest BCUT2D eigenvalue weighted by Crippen LogP contribution is -2.23. The van der Waals surface area contributed by atoms with E-state index in [-0.39, 0.29) is 31.5 Å². The molecule has 0 spiro atoms. The van der Waals surface area contributed by atoms with Crippen LogP contribution in [-0.2, 0) is 31.9 Å². The van der Waals surface area contributed by atoms with Gasteiger partial charge in [0, 0.05) is 23.2 Å². The second kappa shape index (κ2) is 10.4. The van der Waals surface area contributed by atoms with Crippen molar-refractivity contribution in [3.05, 3.63) is 51.8 Å². The molecule has 0 fully saturated rings. The predicted octanol–water partition coefficient (Wildman–Crippen LogP) is 4.44. The van der Waals surface area contributed by atoms with Crippen molar-refractivity contribution in [2.24, 2.45) is 0 Å². The van der Waals surface area contributed by atoms with Crippen LogP contribution in [-0.4, -0.2) is 40.4 Å². The molecule has 1 N–H and O–H groups in total. The minimum Gasteiger partial charge on any atom is -0.466 e. The Morgan fingerprint density at radius 1 is 1.21 bits per heavy atom. The molecule has 1 amide bonds. The number of thiophene rings is 1. The van der Waals surface area contributed by atoms with E-state index in [0.717, 1.165) is 34.8 Å². The van der Waals surface area contributed by atoms with Crippen molar-refractivity contribution in [2.75, 3.05) is 18.5 Å². The molecule has 3 heterocycles. The van der Waals surface area contributed by atoms with Gasteiger partial charge in [0.05, 0.1) is 30.4 Å². The molecule has 180 valence electrons. The molecule has 0 bridgehead atoms. The van der Waals surface area contributed by atoms with E-state index in [1.165, 1.54) is 11.3 Å². The van der Waals surface area contributed by atoms with E-state index in [1.54, 1.807) is 13.8 Å². The lowest BCUT2D eigenvalue weighted by atomic mass is 9.85. The smallest absolute Gasteiger partial charge is 0.341 e. The van der Waals surface area contributed by atoms with Crippen LogP contribution in [0.15, 0.2) is 24.4 Å². The van der Waals surface area contributed by atoms with Gasteiger partial charge in [-0.25, -0.2) is 9.78 Å². The minimum absolute atomic E-state index is 0.203. The predicted molar refractivity (Wildman–Crippen MR) is 129 cm³/mol. The molecule has 0 aliphatic heterocycles. The molecule has 0 radical (unpaired) electrons. The molecule has 3 aromatic heterocycles. The summed E-state index contributed by atoms with van der Waals surface area (Å²) >= 11 is 1.35. The number of rotatable bonds is 8. The lowest BCUT2D eigenvalue weighted by Gasteiger charge is -2.22. The van der Waals surface area contributed by atoms with E-state index in [0.29, 0.717) is 29.0 Å². The van der Waals surface area contributed by atoms with Crippen molar-refractivity contribution in [1.82, 2.24) is 9.38 Å². The number of hydrogen-bond donors (Lipinski definition) is 1. The number of anilines is 1. The Hall–Kier alpha value is -3.20. The van der Waals surface area contributed by atoms with E-state index in [4.69, 9.17) is 9.47 Å². The molecule has 0 saturated heterocycles. The van der Waals surface area contributed by atoms with E-state index in [1.807, 2.05) is 35.7 Å². The molecular formula is C25H29N3O5S. The highest BCUT2D eigenvalue weighted by atomic mass is 32.1. The van der Waals surface area contributed by atoms with E-state index < -0.39 is 11.9 Å². The summed E-state index contributed by atoms with van der Waals surface area (Å²) in [4.78, 5) is 44.0. The topological polar surface area (TPSA) is 99.0 Å². The number of ether oxygens (including phenoxy) is 2. The lowest BCUT2D eigenvalue weighted by molar-refractivity contribution is -0.145. The highest BCUT2D eigenvalue weighted by Gasteiger charge is 2.36. The van der Waals surface area contributed by atoms with Crippen LogP contribution in [0, 0.1) is 6.92 Å². The molecule has 0 saturated carbocycles. The number of carbonyl (C=O) groups excluding carboxylic acids is 3. The van der Waals surface area contributed by atoms with Crippen molar-refractivity contribution in [1.29, 1.82) is 0 Å². The Morgan fingerprint density at radius 2 is 2.00 bits per heavy atom. The van der Waals surface area contributed by atoms with Gasteiger partial charge in [-0.05, 0) is 64.2 Å². The molecule has 4 rings (SSSR count). The van der Waals surface area contributed by atoms with Crippen LogP contribution < -0.4 is 5.32 Å². The number of carbonyl (C=O) groups is 3. The second-order valence-electron chi connectivity index (χ2n) is 8.18. The van der Waals surface area contributed by atoms with Gasteiger partial charge >= 0.3 is 11.9 Å². The number of esters is 2. The molecule has 8 nitrogen and oxygen atoms in total. The summed E-state index contributed by atoms with van der Waals surface area (Å²) in [6.45, 7) is 5.90. The largest absolute Gasteiger partial charge is 0.466 e. The van der Waals surface area contributed by atoms with Crippen LogP contribution >= 0.6 is 11.3 Å². The van der Waals surface area contributed by atoms with Gasteiger partial charge < -0.3 is 19.2 Å². The molecule has 34 heavy (non-hydrogen) atoms. The molecule has 9 heteroatoms. The number of fused-ring (bicyclic) bond motifs is 2. The van der Waals surface area contributed by atoms with Crippen LogP contribution in [0.2, 0.25) is 0 Å². The summed E-state index contributed by atoms with van der Waals surface area (Å²) in [5, 5.41) is 3.37. The standard InChI is InChI=1S/C25H29N3O5S/c1-4-32-24(30)16-9-8-10-18-21(16)22(25(31)33-5-2)23(34-18)27-20(29)13-12-17-15(3)26-19-11-6-7-14-28(17)19/h6-7,11,14,16H,4-5,8-10,12-13H2,1-3H3,(H,27,29). The number of imidazole rings is 1. The Morgan fingerprint density at radius 3 is 2.76 bits per heavy atom. The van der Waals surface area contributed by atoms with Gasteiger partial charge in [-0.3, -0.25) is 9.59 Å². The maximum Gasteiger partial charge on any atom is 0.341 e. The number of hydrogen-bond acceptors (Lipinski definition) is 7. The van der Waals surface area contributed by atoms with Crippen LogP contribution in [0.4, 0.5) is 5.00 Å². The zero-order chi connectivity index (χ0) is 24.2. The highest BCUT2D eigenvalue weighted by molar-refractivity contribution is 7.17. The summed E-state index contributed by atoms with van der Waals surface area (Å²) in [5.41, 5.74) is 3.65. The summed E-state index contributed by atoms with van der Waals surface area (Å²) < 4.78 is 12.6. The van der Waals surface area contributed by atoms with Crippen molar-refractivity contribution in [3.8, 4) is 0 Å². The maximum absolute atomic E-state index is 12.9. The van der Waals surface area contributed by atoms with Crippen LogP contribution in [0.25, 0.3) is 5.65 Å². The monoisotopic (exact) mass is 483 g/mol. The average molecular weight is 484 g/mol. The first-order valence-electron chi connectivity index (χ1n) is 11.7. The summed E-state index contributed by atoms with van der Waals surface area (Å²) in [6, 6.07) is 5.79. The van der Waals surface area contributed by atoms with Crippen molar-refractivity contribution >= 4 is 39.8 Å². The third kappa shape index (κ3) is 4.70. The number of pyridine rings is 1. The van der Waals surface area contributed by atoms with Gasteiger partial charge in [-0.1, -0.05) is 6.07 Å². The van der Waals surface area contributed by atoms with Crippen molar-refractivity contribution in [3.63, 3.8) is 0 Å². The van der Waals surface area contributed by atoms with Gasteiger partial charge in [0.15, 0.2) is 0 Å². The number of amides is 1. The Balaban J connectivity index is 1.58. The first-order chi connectivity index (χ1) is 16.4. The summed E-state index contributed by atoms with van der Waals surface area (Å²) in [6.07, 6.45) is 4.85. The van der Waals surface area contributed by atoms with Crippen LogP contribution in [0.1, 0.15) is 71.2 Å². The van der Waals surface area contributed by atoms with Gasteiger partial charge in [-0.15, -0.1) is 11.3 Å². The zero-order valence-corrected chi connectivity index (χ0v) is 20.5. The molecule has 1 aliphatic carbocycles. The first-order valence-corrected chi connectivity index (χ1v) is 12.5. The average Bonchev–Trinajstić information content (AvgIpc) is 3.34. The number of nitrogens with one attached hydrogen (secondary N) is 1. The zero-order valence-electron chi connectivity index (χ0n) is 19.7. The Labute approximate surface area is 202 Å². The normalized spacial score (nSPS) is 15.1. The van der Waals surface area contributed by atoms with E-state index in [9.17, 15) is 14.4 Å². The van der Waals surface area contributed by atoms with Gasteiger partial charge in [0.25, 0.3) is 0 Å². The fourth-order valence-electron chi connectivity index (χ4n) is 4.52. The number of aryl methyl sites for hydroxylation is 3. The Bertz CT molecular complexity index is 1230. The molecule has 0 aromatic carbocycles. The second-order valence-corrected chi connectivity index (χ2v) is 9.29. The first kappa shape index (κ1) is 23.9. The number of aromatic nitrogens is 2. The fourth-order valence-corrected chi connectivity index (χ4v) is 5.82. The molecule has 3 aromatic rings. The van der Waals surface area contributed by atoms with Gasteiger partial charge in [-0.2, -0.15) is 0 Å². The van der Waals surface area contributed by atoms with Crippen molar-refractivity contribution < 1.29 is 23.9 Å². The molecular weight excluding hydrogens is 454 g/mol. The maximum atomic E-state index is 12.9. The minimum atomic E-state index is -0.524. The van der Waals surface area contributed by atoms with Crippen LogP contribution in [0.3, 0.4) is 0 Å². The molecule has 1 unspecified atom stereocenters. The third-order valence-electron chi connectivity index (χ3n) is 5.99. The van der Waals surface area contributed by atoms with Crippen LogP contribution in [0.5, 0.6) is 0 Å².